The van der Waals surface area contributed by atoms with Gasteiger partial charge >= 0.3 is 0 Å². The number of Topliss-reactive ketones (excluding diaryl/α,β-unsaturated/α-hetero) is 1. The SMILES string of the molecule is CCC(C)C(=O)Cc1ccccn1. The molecule has 0 radical (unpaired) electrons. The van der Waals surface area contributed by atoms with Crippen LogP contribution in [0, 0.1) is 5.92 Å². The minimum absolute atomic E-state index is 0.155. The Morgan fingerprint density at radius 3 is 2.85 bits per heavy atom. The van der Waals surface area contributed by atoms with Crippen LogP contribution >= 0.6 is 0 Å². The van der Waals surface area contributed by atoms with E-state index in [2.05, 4.69) is 4.98 Å². The highest BCUT2D eigenvalue weighted by Gasteiger charge is 2.11. The maximum Gasteiger partial charge on any atom is 0.141 e. The molecule has 0 aromatic carbocycles. The van der Waals surface area contributed by atoms with Gasteiger partial charge in [0.1, 0.15) is 5.78 Å². The lowest BCUT2D eigenvalue weighted by Crippen LogP contribution is -2.13. The van der Waals surface area contributed by atoms with E-state index in [4.69, 9.17) is 0 Å². The molecule has 2 heteroatoms. The number of carbonyl (C=O) groups excluding carboxylic acids is 1. The lowest BCUT2D eigenvalue weighted by molar-refractivity contribution is -0.121. The zero-order chi connectivity index (χ0) is 9.68. The molecule has 0 aliphatic rings. The van der Waals surface area contributed by atoms with E-state index >= 15 is 0 Å². The topological polar surface area (TPSA) is 30.0 Å². The zero-order valence-corrected chi connectivity index (χ0v) is 8.16. The first kappa shape index (κ1) is 9.90. The first-order valence-electron chi connectivity index (χ1n) is 4.66. The fraction of sp³-hybridized carbons (Fsp3) is 0.455. The quantitative estimate of drug-likeness (QED) is 0.706. The van der Waals surface area contributed by atoms with Crippen LogP contribution in [-0.2, 0) is 11.2 Å². The molecule has 1 aromatic heterocycles. The number of hydrogen-bond acceptors (Lipinski definition) is 2. The molecule has 70 valence electrons. The molecule has 0 N–H and O–H groups in total. The summed E-state index contributed by atoms with van der Waals surface area (Å²) >= 11 is 0. The van der Waals surface area contributed by atoms with Crippen LogP contribution in [0.5, 0.6) is 0 Å². The standard InChI is InChI=1S/C11H15NO/c1-3-9(2)11(13)8-10-6-4-5-7-12-10/h4-7,9H,3,8H2,1-2H3. The van der Waals surface area contributed by atoms with Crippen molar-refractivity contribution in [3.63, 3.8) is 0 Å². The summed E-state index contributed by atoms with van der Waals surface area (Å²) in [5, 5.41) is 0. The van der Waals surface area contributed by atoms with E-state index in [1.807, 2.05) is 32.0 Å². The number of pyridine rings is 1. The Morgan fingerprint density at radius 2 is 2.31 bits per heavy atom. The van der Waals surface area contributed by atoms with E-state index in [-0.39, 0.29) is 11.7 Å². The number of aromatic nitrogens is 1. The Morgan fingerprint density at radius 1 is 1.54 bits per heavy atom. The van der Waals surface area contributed by atoms with Gasteiger partial charge < -0.3 is 0 Å². The first-order valence-corrected chi connectivity index (χ1v) is 4.66. The summed E-state index contributed by atoms with van der Waals surface area (Å²) in [4.78, 5) is 15.6. The number of nitrogens with zero attached hydrogens (tertiary/aromatic N) is 1. The van der Waals surface area contributed by atoms with Gasteiger partial charge in [-0.1, -0.05) is 19.9 Å². The van der Waals surface area contributed by atoms with Gasteiger partial charge in [-0.15, -0.1) is 0 Å². The predicted molar refractivity (Wildman–Crippen MR) is 52.4 cm³/mol. The maximum atomic E-state index is 11.5. The van der Waals surface area contributed by atoms with Gasteiger partial charge in [0.05, 0.1) is 0 Å². The van der Waals surface area contributed by atoms with Gasteiger partial charge in [0.25, 0.3) is 0 Å². The third kappa shape index (κ3) is 2.98. The second-order valence-corrected chi connectivity index (χ2v) is 3.27. The molecule has 0 bridgehead atoms. The second-order valence-electron chi connectivity index (χ2n) is 3.27. The van der Waals surface area contributed by atoms with Crippen LogP contribution in [0.4, 0.5) is 0 Å². The summed E-state index contributed by atoms with van der Waals surface area (Å²) in [6.45, 7) is 3.99. The highest BCUT2D eigenvalue weighted by atomic mass is 16.1. The normalized spacial score (nSPS) is 12.5. The fourth-order valence-corrected chi connectivity index (χ4v) is 1.08. The van der Waals surface area contributed by atoms with Crippen LogP contribution in [0.25, 0.3) is 0 Å². The highest BCUT2D eigenvalue weighted by Crippen LogP contribution is 2.06. The van der Waals surface area contributed by atoms with Gasteiger partial charge in [0, 0.05) is 24.2 Å². The number of rotatable bonds is 4. The molecule has 1 atom stereocenters. The van der Waals surface area contributed by atoms with E-state index in [0.29, 0.717) is 6.42 Å². The Hall–Kier alpha value is -1.18. The molecule has 13 heavy (non-hydrogen) atoms. The van der Waals surface area contributed by atoms with E-state index in [9.17, 15) is 4.79 Å². The van der Waals surface area contributed by atoms with Crippen molar-refractivity contribution in [2.75, 3.05) is 0 Å². The highest BCUT2D eigenvalue weighted by molar-refractivity contribution is 5.82. The van der Waals surface area contributed by atoms with Crippen molar-refractivity contribution in [3.8, 4) is 0 Å². The van der Waals surface area contributed by atoms with Crippen molar-refractivity contribution < 1.29 is 4.79 Å². The van der Waals surface area contributed by atoms with Crippen LogP contribution in [-0.4, -0.2) is 10.8 Å². The van der Waals surface area contributed by atoms with Crippen molar-refractivity contribution in [2.24, 2.45) is 5.92 Å². The average Bonchev–Trinajstić information content (AvgIpc) is 2.18. The van der Waals surface area contributed by atoms with Gasteiger partial charge in [0.2, 0.25) is 0 Å². The molecule has 0 aliphatic carbocycles. The summed E-state index contributed by atoms with van der Waals surface area (Å²) in [5.41, 5.74) is 0.868. The minimum Gasteiger partial charge on any atom is -0.299 e. The monoisotopic (exact) mass is 177 g/mol. The minimum atomic E-state index is 0.155. The van der Waals surface area contributed by atoms with Crippen molar-refractivity contribution in [1.82, 2.24) is 4.98 Å². The molecule has 1 unspecified atom stereocenters. The molecule has 0 saturated carbocycles. The molecular weight excluding hydrogens is 162 g/mol. The molecular formula is C11H15NO. The summed E-state index contributed by atoms with van der Waals surface area (Å²) < 4.78 is 0. The largest absolute Gasteiger partial charge is 0.299 e. The van der Waals surface area contributed by atoms with Crippen molar-refractivity contribution in [2.45, 2.75) is 26.7 Å². The Labute approximate surface area is 79.0 Å². The Bertz CT molecular complexity index is 269. The maximum absolute atomic E-state index is 11.5. The molecule has 0 spiro atoms. The Kier molecular flexibility index (Phi) is 3.62. The fourth-order valence-electron chi connectivity index (χ4n) is 1.08. The van der Waals surface area contributed by atoms with Crippen LogP contribution in [0.2, 0.25) is 0 Å². The molecule has 0 fully saturated rings. The van der Waals surface area contributed by atoms with Crippen molar-refractivity contribution >= 4 is 5.78 Å². The van der Waals surface area contributed by atoms with Gasteiger partial charge in [0.15, 0.2) is 0 Å². The number of hydrogen-bond donors (Lipinski definition) is 0. The number of ketones is 1. The molecule has 0 amide bonds. The molecule has 0 saturated heterocycles. The molecule has 0 aliphatic heterocycles. The van der Waals surface area contributed by atoms with Gasteiger partial charge in [-0.05, 0) is 18.6 Å². The molecule has 1 heterocycles. The smallest absolute Gasteiger partial charge is 0.141 e. The average molecular weight is 177 g/mol. The summed E-state index contributed by atoms with van der Waals surface area (Å²) in [5.74, 6) is 0.434. The lowest BCUT2D eigenvalue weighted by atomic mass is 10.00. The van der Waals surface area contributed by atoms with Crippen molar-refractivity contribution in [3.05, 3.63) is 30.1 Å². The van der Waals surface area contributed by atoms with E-state index < -0.39 is 0 Å². The van der Waals surface area contributed by atoms with Crippen LogP contribution in [0.3, 0.4) is 0 Å². The van der Waals surface area contributed by atoms with Crippen LogP contribution in [0.1, 0.15) is 26.0 Å². The van der Waals surface area contributed by atoms with Gasteiger partial charge in [-0.3, -0.25) is 9.78 Å². The number of carbonyl (C=O) groups is 1. The Balaban J connectivity index is 2.55. The lowest BCUT2D eigenvalue weighted by Gasteiger charge is -2.05. The summed E-state index contributed by atoms with van der Waals surface area (Å²) in [6, 6.07) is 5.66. The molecule has 2 nitrogen and oxygen atoms in total. The zero-order valence-electron chi connectivity index (χ0n) is 8.16. The first-order chi connectivity index (χ1) is 6.24. The van der Waals surface area contributed by atoms with Crippen LogP contribution in [0.15, 0.2) is 24.4 Å². The van der Waals surface area contributed by atoms with Crippen molar-refractivity contribution in [1.29, 1.82) is 0 Å². The summed E-state index contributed by atoms with van der Waals surface area (Å²) in [6.07, 6.45) is 3.10. The summed E-state index contributed by atoms with van der Waals surface area (Å²) in [7, 11) is 0. The van der Waals surface area contributed by atoms with E-state index in [1.165, 1.54) is 0 Å². The van der Waals surface area contributed by atoms with Crippen LogP contribution < -0.4 is 0 Å². The van der Waals surface area contributed by atoms with E-state index in [0.717, 1.165) is 12.1 Å². The van der Waals surface area contributed by atoms with E-state index in [1.54, 1.807) is 6.20 Å². The third-order valence-corrected chi connectivity index (χ3v) is 2.24. The third-order valence-electron chi connectivity index (χ3n) is 2.24. The van der Waals surface area contributed by atoms with Gasteiger partial charge in [-0.2, -0.15) is 0 Å². The predicted octanol–water partition coefficient (Wildman–Crippen LogP) is 2.24. The van der Waals surface area contributed by atoms with Gasteiger partial charge in [-0.25, -0.2) is 0 Å². The second kappa shape index (κ2) is 4.75. The molecule has 1 aromatic rings. The molecule has 1 rings (SSSR count).